The molecule has 0 aliphatic heterocycles. The number of hydrogen-bond donors (Lipinski definition) is 0. The van der Waals surface area contributed by atoms with Crippen LogP contribution in [0.3, 0.4) is 0 Å². The molecule has 5 heteroatoms. The molecule has 0 saturated heterocycles. The number of rotatable bonds is 1. The van der Waals surface area contributed by atoms with E-state index in [9.17, 15) is 10.1 Å². The number of benzene rings is 1. The summed E-state index contributed by atoms with van der Waals surface area (Å²) in [5.74, 6) is 0. The number of nitro benzene ring substituents is 1. The van der Waals surface area contributed by atoms with Crippen LogP contribution in [-0.4, -0.2) is 4.92 Å². The fourth-order valence-corrected chi connectivity index (χ4v) is 1.95. The monoisotopic (exact) mass is 279 g/mol. The van der Waals surface area contributed by atoms with E-state index >= 15 is 0 Å². The van der Waals surface area contributed by atoms with Gasteiger partial charge in [-0.2, -0.15) is 0 Å². The normalized spacial score (nSPS) is 9.64. The Morgan fingerprint density at radius 2 is 1.73 bits per heavy atom. The molecule has 0 heterocycles. The van der Waals surface area contributed by atoms with E-state index in [1.165, 1.54) is 0 Å². The molecule has 0 N–H and O–H groups in total. The van der Waals surface area contributed by atoms with Crippen LogP contribution in [0.1, 0.15) is 0 Å². The van der Waals surface area contributed by atoms with E-state index in [2.05, 4.69) is 31.9 Å². The maximum absolute atomic E-state index is 10.4. The van der Waals surface area contributed by atoms with Crippen LogP contribution in [0.25, 0.3) is 0 Å². The molecule has 0 aromatic heterocycles. The van der Waals surface area contributed by atoms with Gasteiger partial charge in [0.2, 0.25) is 0 Å². The summed E-state index contributed by atoms with van der Waals surface area (Å²) in [6, 6.07) is 4.98. The zero-order chi connectivity index (χ0) is 8.43. The molecule has 58 valence electrons. The Balaban J connectivity index is 3.32. The summed E-state index contributed by atoms with van der Waals surface area (Å²) in [6.07, 6.45) is 0. The average Bonchev–Trinajstić information content (AvgIpc) is 1.85. The molecule has 3 nitrogen and oxygen atoms in total. The number of nitrogens with zero attached hydrogens (tertiary/aromatic N) is 1. The Morgan fingerprint density at radius 3 is 2.00 bits per heavy atom. The number of hydrogen-bond acceptors (Lipinski definition) is 2. The lowest BCUT2D eigenvalue weighted by Crippen LogP contribution is -1.89. The van der Waals surface area contributed by atoms with Crippen molar-refractivity contribution in [2.75, 3.05) is 0 Å². The van der Waals surface area contributed by atoms with Gasteiger partial charge in [0.15, 0.2) is 0 Å². The molecular weight excluding hydrogens is 278 g/mol. The second-order valence-corrected chi connectivity index (χ2v) is 3.54. The highest BCUT2D eigenvalue weighted by Crippen LogP contribution is 2.31. The molecule has 0 unspecified atom stereocenters. The van der Waals surface area contributed by atoms with Gasteiger partial charge in [-0.05, 0) is 44.0 Å². The van der Waals surface area contributed by atoms with Gasteiger partial charge in [-0.15, -0.1) is 0 Å². The zero-order valence-corrected chi connectivity index (χ0v) is 8.42. The van der Waals surface area contributed by atoms with E-state index in [4.69, 9.17) is 0 Å². The summed E-state index contributed by atoms with van der Waals surface area (Å²) >= 11 is 6.15. The van der Waals surface area contributed by atoms with Gasteiger partial charge in [0, 0.05) is 0 Å². The molecule has 0 bridgehead atoms. The predicted octanol–water partition coefficient (Wildman–Crippen LogP) is 3.12. The van der Waals surface area contributed by atoms with Gasteiger partial charge in [-0.1, -0.05) is 6.07 Å². The summed E-state index contributed by atoms with van der Waals surface area (Å²) in [7, 11) is 0. The van der Waals surface area contributed by atoms with Crippen molar-refractivity contribution in [2.45, 2.75) is 0 Å². The standard InChI is InChI=1S/C6H3Br2NO2/c7-4-2-1-3-5(8)6(4)9(10)11/h1-3H. The van der Waals surface area contributed by atoms with Crippen LogP contribution in [0, 0.1) is 10.1 Å². The van der Waals surface area contributed by atoms with Crippen LogP contribution in [0.4, 0.5) is 5.69 Å². The Morgan fingerprint density at radius 1 is 1.27 bits per heavy atom. The van der Waals surface area contributed by atoms with Gasteiger partial charge < -0.3 is 0 Å². The van der Waals surface area contributed by atoms with Crippen LogP contribution in [-0.2, 0) is 0 Å². The van der Waals surface area contributed by atoms with Crippen LogP contribution in [0.5, 0.6) is 0 Å². The topological polar surface area (TPSA) is 43.1 Å². The molecule has 0 radical (unpaired) electrons. The summed E-state index contributed by atoms with van der Waals surface area (Å²) in [6.45, 7) is 0. The third-order valence-corrected chi connectivity index (χ3v) is 2.40. The van der Waals surface area contributed by atoms with Crippen molar-refractivity contribution in [2.24, 2.45) is 0 Å². The molecular formula is C6H3Br2NO2. The molecule has 0 atom stereocenters. The highest BCUT2D eigenvalue weighted by atomic mass is 79.9. The highest BCUT2D eigenvalue weighted by Gasteiger charge is 2.14. The molecule has 0 aliphatic rings. The zero-order valence-electron chi connectivity index (χ0n) is 5.25. The van der Waals surface area contributed by atoms with Crippen molar-refractivity contribution in [3.05, 3.63) is 37.3 Å². The quantitative estimate of drug-likeness (QED) is 0.586. The van der Waals surface area contributed by atoms with Crippen LogP contribution in [0.15, 0.2) is 27.1 Å². The largest absolute Gasteiger partial charge is 0.297 e. The summed E-state index contributed by atoms with van der Waals surface area (Å²) in [4.78, 5) is 9.95. The fourth-order valence-electron chi connectivity index (χ4n) is 0.663. The van der Waals surface area contributed by atoms with Gasteiger partial charge in [-0.3, -0.25) is 10.1 Å². The lowest BCUT2D eigenvalue weighted by Gasteiger charge is -1.95. The van der Waals surface area contributed by atoms with Crippen molar-refractivity contribution in [1.82, 2.24) is 0 Å². The second-order valence-electron chi connectivity index (χ2n) is 1.83. The Bertz CT molecular complexity index is 280. The summed E-state index contributed by atoms with van der Waals surface area (Å²) < 4.78 is 0.966. The minimum absolute atomic E-state index is 0.0625. The maximum Gasteiger partial charge on any atom is 0.297 e. The first kappa shape index (κ1) is 8.67. The van der Waals surface area contributed by atoms with Crippen molar-refractivity contribution >= 4 is 37.5 Å². The van der Waals surface area contributed by atoms with Crippen molar-refractivity contribution in [3.8, 4) is 0 Å². The molecule has 1 aromatic carbocycles. The lowest BCUT2D eigenvalue weighted by molar-refractivity contribution is -0.386. The van der Waals surface area contributed by atoms with Crippen molar-refractivity contribution in [3.63, 3.8) is 0 Å². The third kappa shape index (κ3) is 1.78. The van der Waals surface area contributed by atoms with Gasteiger partial charge in [0.25, 0.3) is 5.69 Å². The Labute approximate surface area is 79.8 Å². The summed E-state index contributed by atoms with van der Waals surface area (Å²) in [5, 5.41) is 10.4. The fraction of sp³-hybridized carbons (Fsp3) is 0. The second kappa shape index (κ2) is 3.32. The van der Waals surface area contributed by atoms with Crippen molar-refractivity contribution in [1.29, 1.82) is 0 Å². The van der Waals surface area contributed by atoms with Gasteiger partial charge >= 0.3 is 0 Å². The minimum atomic E-state index is -0.436. The van der Waals surface area contributed by atoms with Gasteiger partial charge in [0.05, 0.1) is 13.9 Å². The molecule has 0 aliphatic carbocycles. The van der Waals surface area contributed by atoms with E-state index in [0.717, 1.165) is 0 Å². The highest BCUT2D eigenvalue weighted by molar-refractivity contribution is 9.11. The molecule has 0 saturated carbocycles. The van der Waals surface area contributed by atoms with Gasteiger partial charge in [-0.25, -0.2) is 0 Å². The first-order valence-electron chi connectivity index (χ1n) is 2.71. The predicted molar refractivity (Wildman–Crippen MR) is 48.5 cm³/mol. The van der Waals surface area contributed by atoms with E-state index in [1.807, 2.05) is 0 Å². The first-order chi connectivity index (χ1) is 5.13. The van der Waals surface area contributed by atoms with Crippen molar-refractivity contribution < 1.29 is 4.92 Å². The smallest absolute Gasteiger partial charge is 0.258 e. The number of para-hydroxylation sites is 1. The molecule has 0 spiro atoms. The van der Waals surface area contributed by atoms with E-state index in [1.54, 1.807) is 18.2 Å². The van der Waals surface area contributed by atoms with Crippen LogP contribution in [0.2, 0.25) is 0 Å². The maximum atomic E-state index is 10.4. The van der Waals surface area contributed by atoms with Crippen LogP contribution >= 0.6 is 31.9 Å². The average molecular weight is 281 g/mol. The number of halogens is 2. The third-order valence-electron chi connectivity index (χ3n) is 1.12. The Kier molecular flexibility index (Phi) is 2.62. The van der Waals surface area contributed by atoms with E-state index < -0.39 is 4.92 Å². The molecule has 0 fully saturated rings. The lowest BCUT2D eigenvalue weighted by atomic mass is 10.3. The molecule has 1 aromatic rings. The first-order valence-corrected chi connectivity index (χ1v) is 4.30. The molecule has 0 amide bonds. The molecule has 11 heavy (non-hydrogen) atoms. The van der Waals surface area contributed by atoms with E-state index in [-0.39, 0.29) is 5.69 Å². The minimum Gasteiger partial charge on any atom is -0.258 e. The summed E-state index contributed by atoms with van der Waals surface area (Å²) in [5.41, 5.74) is 0.0625. The Hall–Kier alpha value is -0.420. The number of nitro groups is 1. The SMILES string of the molecule is O=[N+]([O-])c1c(Br)cccc1Br. The van der Waals surface area contributed by atoms with E-state index in [0.29, 0.717) is 8.95 Å². The molecule has 1 rings (SSSR count). The van der Waals surface area contributed by atoms with Crippen LogP contribution < -0.4 is 0 Å². The van der Waals surface area contributed by atoms with Gasteiger partial charge in [0.1, 0.15) is 0 Å².